The molecule has 0 heterocycles. The van der Waals surface area contributed by atoms with Crippen molar-refractivity contribution in [3.05, 3.63) is 126 Å². The van der Waals surface area contributed by atoms with E-state index in [4.69, 9.17) is 0 Å². The van der Waals surface area contributed by atoms with Crippen molar-refractivity contribution in [2.45, 2.75) is 104 Å². The molecule has 5 atom stereocenters. The standard InChI is InChI=1S/C29H33.C9H13.C8H8.2ClH.Zr/c1-14-13-24-25(18(5)15(14)2)21(8)28-27-20(7)17(4)16(3)19(6)26(27)22-11-9-10-12-23(22)29(24)28;1-9(2,3)8-6-4-5-7-8;1-2-8-6-4-3-5-7-8;;;/h9-13,16-17,19,21H,1-8H3;6-7H,4H2,1-3H3;1,3-7H,2H2;2*1H;/q;;;;;+2/p-2. The molecule has 256 valence electrons. The van der Waals surface area contributed by atoms with Crippen LogP contribution in [-0.2, 0) is 30.8 Å². The molecule has 3 heteroatoms. The second-order valence-electron chi connectivity index (χ2n) is 16.5. The van der Waals surface area contributed by atoms with Crippen LogP contribution in [0.1, 0.15) is 118 Å². The normalized spacial score (nSPS) is 24.0. The van der Waals surface area contributed by atoms with Gasteiger partial charge in [0.15, 0.2) is 0 Å². The van der Waals surface area contributed by atoms with E-state index in [0.29, 0.717) is 23.7 Å². The van der Waals surface area contributed by atoms with E-state index in [1.54, 1.807) is 36.7 Å². The molecule has 0 amide bonds. The van der Waals surface area contributed by atoms with Gasteiger partial charge in [-0.05, 0) is 0 Å². The van der Waals surface area contributed by atoms with Crippen molar-refractivity contribution in [1.82, 2.24) is 0 Å². The topological polar surface area (TPSA) is 0 Å². The average molecular weight is 769 g/mol. The first kappa shape index (κ1) is 38.2. The number of fused-ring (bicyclic) bond motifs is 8. The van der Waals surface area contributed by atoms with Gasteiger partial charge in [0.2, 0.25) is 0 Å². The molecule has 3 aliphatic rings. The van der Waals surface area contributed by atoms with Crippen molar-refractivity contribution in [3.63, 3.8) is 0 Å². The molecule has 0 bridgehead atoms. The van der Waals surface area contributed by atoms with Crippen molar-refractivity contribution in [3.8, 4) is 11.1 Å². The third-order valence-electron chi connectivity index (χ3n) is 13.1. The summed E-state index contributed by atoms with van der Waals surface area (Å²) in [6.45, 7) is 27.3. The summed E-state index contributed by atoms with van der Waals surface area (Å²) in [4.78, 5) is 0. The minimum atomic E-state index is -2.56. The smallest absolute Gasteiger partial charge is 1.00 e. The Balaban J connectivity index is 0.00000234. The molecule has 0 fully saturated rings. The van der Waals surface area contributed by atoms with Crippen molar-refractivity contribution in [2.24, 2.45) is 17.3 Å². The Kier molecular flexibility index (Phi) is 10.8. The Labute approximate surface area is 316 Å². The average Bonchev–Trinajstić information content (AvgIpc) is 3.65. The van der Waals surface area contributed by atoms with Crippen LogP contribution in [0.4, 0.5) is 0 Å². The van der Waals surface area contributed by atoms with Crippen molar-refractivity contribution >= 4 is 14.5 Å². The molecule has 0 saturated carbocycles. The van der Waals surface area contributed by atoms with E-state index >= 15 is 0 Å². The minimum Gasteiger partial charge on any atom is -1.00 e. The Morgan fingerprint density at radius 2 is 1.45 bits per heavy atom. The molecule has 0 nitrogen and oxygen atoms in total. The summed E-state index contributed by atoms with van der Waals surface area (Å²) in [5.41, 5.74) is 17.3. The first-order valence-electron chi connectivity index (χ1n) is 18.1. The summed E-state index contributed by atoms with van der Waals surface area (Å²) in [6, 6.07) is 23.3. The molecule has 3 aliphatic carbocycles. The number of allylic oxidation sites excluding steroid dienone is 4. The number of aryl methyl sites for hydroxylation is 1. The van der Waals surface area contributed by atoms with Crippen molar-refractivity contribution < 1.29 is 46.1 Å². The van der Waals surface area contributed by atoms with Gasteiger partial charge in [0.25, 0.3) is 0 Å². The molecule has 4 aromatic rings. The molecule has 49 heavy (non-hydrogen) atoms. The van der Waals surface area contributed by atoms with Gasteiger partial charge in [0.05, 0.1) is 0 Å². The fourth-order valence-electron chi connectivity index (χ4n) is 9.83. The Morgan fingerprint density at radius 1 is 0.816 bits per heavy atom. The number of hydrogen-bond donors (Lipinski definition) is 0. The van der Waals surface area contributed by atoms with E-state index in [2.05, 4.69) is 153 Å². The van der Waals surface area contributed by atoms with Crippen LogP contribution in [0.5, 0.6) is 0 Å². The van der Waals surface area contributed by atoms with Gasteiger partial charge in [-0.1, -0.05) is 0 Å². The van der Waals surface area contributed by atoms with E-state index in [1.165, 1.54) is 38.6 Å². The fourth-order valence-corrected chi connectivity index (χ4v) is 19.0. The van der Waals surface area contributed by atoms with Crippen LogP contribution in [-0.4, -0.2) is 3.71 Å². The van der Waals surface area contributed by atoms with Gasteiger partial charge >= 0.3 is 294 Å². The zero-order valence-electron chi connectivity index (χ0n) is 31.5. The second kappa shape index (κ2) is 13.8. The maximum Gasteiger partial charge on any atom is -1.00 e. The molecule has 0 aromatic heterocycles. The van der Waals surface area contributed by atoms with Crippen LogP contribution in [0.15, 0.2) is 81.7 Å². The van der Waals surface area contributed by atoms with Gasteiger partial charge in [-0.2, -0.15) is 0 Å². The maximum atomic E-state index is 2.92. The van der Waals surface area contributed by atoms with Crippen LogP contribution < -0.4 is 24.8 Å². The Morgan fingerprint density at radius 3 is 2.08 bits per heavy atom. The third kappa shape index (κ3) is 5.87. The van der Waals surface area contributed by atoms with E-state index in [0.717, 1.165) is 12.8 Å². The Bertz CT molecular complexity index is 2020. The predicted molar refractivity (Wildman–Crippen MR) is 202 cm³/mol. The molecule has 0 spiro atoms. The van der Waals surface area contributed by atoms with Crippen LogP contribution in [0.3, 0.4) is 0 Å². The summed E-state index contributed by atoms with van der Waals surface area (Å²) >= 11 is -2.56. The molecular weight excluding hydrogens is 715 g/mol. The number of rotatable bonds is 4. The van der Waals surface area contributed by atoms with Crippen molar-refractivity contribution in [1.29, 1.82) is 0 Å². The van der Waals surface area contributed by atoms with Gasteiger partial charge < -0.3 is 24.8 Å². The zero-order valence-corrected chi connectivity index (χ0v) is 35.5. The minimum absolute atomic E-state index is 0. The largest absolute Gasteiger partial charge is 1.00 e. The summed E-state index contributed by atoms with van der Waals surface area (Å²) < 4.78 is 4.84. The monoisotopic (exact) mass is 766 g/mol. The summed E-state index contributed by atoms with van der Waals surface area (Å²) in [7, 11) is 0. The summed E-state index contributed by atoms with van der Waals surface area (Å²) in [6.07, 6.45) is 7.47. The van der Waals surface area contributed by atoms with Crippen LogP contribution in [0, 0.1) is 38.0 Å². The number of halogens is 2. The first-order valence-corrected chi connectivity index (χ1v) is 22.0. The molecule has 4 aromatic carbocycles. The van der Waals surface area contributed by atoms with Gasteiger partial charge in [-0.15, -0.1) is 0 Å². The van der Waals surface area contributed by atoms with Crippen LogP contribution >= 0.6 is 0 Å². The quantitative estimate of drug-likeness (QED) is 0.225. The SMILES string of the molecule is Cc1cc2c(c(C)c1C)C(C)c1c3c(c4ccccc4c1-2)C(C)C(C)C(C)[C]3(C)[Zr+2](=[CH]Cc1ccccc1)[C]1=CC(C(C)(C)C)=CC1.[Cl-].[Cl-]. The predicted octanol–water partition coefficient (Wildman–Crippen LogP) is 6.43. The van der Waals surface area contributed by atoms with E-state index in [-0.39, 0.29) is 33.4 Å². The summed E-state index contributed by atoms with van der Waals surface area (Å²) in [5, 5.41) is 2.98. The maximum absolute atomic E-state index is 2.92. The van der Waals surface area contributed by atoms with Gasteiger partial charge in [0, 0.05) is 0 Å². The zero-order chi connectivity index (χ0) is 33.6. The van der Waals surface area contributed by atoms with Crippen LogP contribution in [0.2, 0.25) is 0 Å². The fraction of sp³-hybridized carbons (Fsp3) is 0.413. The van der Waals surface area contributed by atoms with E-state index in [1.807, 2.05) is 0 Å². The second-order valence-corrected chi connectivity index (χ2v) is 23.6. The van der Waals surface area contributed by atoms with E-state index in [9.17, 15) is 0 Å². The molecule has 5 unspecified atom stereocenters. The third-order valence-corrected chi connectivity index (χ3v) is 21.7. The molecular formula is C46H54Cl2Zr. The summed E-state index contributed by atoms with van der Waals surface area (Å²) in [5.74, 6) is 2.11. The molecule has 0 saturated heterocycles. The van der Waals surface area contributed by atoms with Crippen molar-refractivity contribution in [2.75, 3.05) is 0 Å². The first-order chi connectivity index (χ1) is 22.3. The Hall–Kier alpha value is -2.05. The van der Waals surface area contributed by atoms with Gasteiger partial charge in [0.1, 0.15) is 0 Å². The number of hydrogen-bond acceptors (Lipinski definition) is 0. The van der Waals surface area contributed by atoms with Gasteiger partial charge in [-0.3, -0.25) is 0 Å². The number of benzene rings is 4. The van der Waals surface area contributed by atoms with E-state index < -0.39 is 21.3 Å². The van der Waals surface area contributed by atoms with Crippen LogP contribution in [0.25, 0.3) is 21.9 Å². The molecule has 0 radical (unpaired) electrons. The molecule has 0 N–H and O–H groups in total. The molecule has 0 aliphatic heterocycles. The molecule has 7 rings (SSSR count). The van der Waals surface area contributed by atoms with Gasteiger partial charge in [-0.25, -0.2) is 0 Å².